The van der Waals surface area contributed by atoms with E-state index >= 15 is 0 Å². The number of ether oxygens (including phenoxy) is 1. The minimum Gasteiger partial charge on any atom is -0.410 e. The van der Waals surface area contributed by atoms with Crippen molar-refractivity contribution in [3.05, 3.63) is 24.3 Å². The third-order valence-electron chi connectivity index (χ3n) is 1.57. The van der Waals surface area contributed by atoms with E-state index in [0.29, 0.717) is 11.4 Å². The summed E-state index contributed by atoms with van der Waals surface area (Å²) in [7, 11) is 0. The highest BCUT2D eigenvalue weighted by Crippen LogP contribution is 2.13. The normalized spacial score (nSPS) is 10.9. The molecule has 0 bridgehead atoms. The summed E-state index contributed by atoms with van der Waals surface area (Å²) in [6, 6.07) is 6.66. The van der Waals surface area contributed by atoms with Crippen LogP contribution in [0.4, 0.5) is 10.5 Å². The lowest BCUT2D eigenvalue weighted by Gasteiger charge is -2.19. The maximum absolute atomic E-state index is 11.3. The molecule has 0 saturated carbocycles. The molecule has 3 N–H and O–H groups in total. The number of carbonyl (C=O) groups excluding carboxylic acids is 1. The number of anilines is 1. The van der Waals surface area contributed by atoms with Crippen LogP contribution in [0.15, 0.2) is 24.3 Å². The van der Waals surface area contributed by atoms with Crippen LogP contribution < -0.4 is 15.8 Å². The van der Waals surface area contributed by atoms with E-state index in [-0.39, 0.29) is 5.54 Å². The number of hydrogen-bond donors (Lipinski definition) is 2. The molecule has 4 nitrogen and oxygen atoms in total. The largest absolute Gasteiger partial charge is 0.413 e. The maximum Gasteiger partial charge on any atom is 0.413 e. The SMILES string of the molecule is CC(C)(C)NC(=O)Oc1ccc(N)cc1. The van der Waals surface area contributed by atoms with Gasteiger partial charge >= 0.3 is 6.09 Å². The van der Waals surface area contributed by atoms with E-state index in [4.69, 9.17) is 10.5 Å². The summed E-state index contributed by atoms with van der Waals surface area (Å²) in [6.45, 7) is 5.66. The summed E-state index contributed by atoms with van der Waals surface area (Å²) in [5, 5.41) is 2.69. The third kappa shape index (κ3) is 4.35. The Morgan fingerprint density at radius 1 is 1.27 bits per heavy atom. The van der Waals surface area contributed by atoms with E-state index in [1.807, 2.05) is 20.8 Å². The number of amides is 1. The van der Waals surface area contributed by atoms with Crippen LogP contribution >= 0.6 is 0 Å². The molecule has 0 aliphatic rings. The van der Waals surface area contributed by atoms with Crippen molar-refractivity contribution in [2.24, 2.45) is 0 Å². The van der Waals surface area contributed by atoms with Gasteiger partial charge in [0.15, 0.2) is 0 Å². The average molecular weight is 208 g/mol. The third-order valence-corrected chi connectivity index (χ3v) is 1.57. The van der Waals surface area contributed by atoms with Gasteiger partial charge in [-0.15, -0.1) is 0 Å². The zero-order valence-electron chi connectivity index (χ0n) is 9.20. The monoisotopic (exact) mass is 208 g/mol. The van der Waals surface area contributed by atoms with Crippen molar-refractivity contribution < 1.29 is 9.53 Å². The number of nitrogens with one attached hydrogen (secondary N) is 1. The zero-order valence-corrected chi connectivity index (χ0v) is 9.20. The molecule has 4 heteroatoms. The standard InChI is InChI=1S/C11H16N2O2/c1-11(2,3)13-10(14)15-9-6-4-8(12)5-7-9/h4-7H,12H2,1-3H3,(H,13,14). The van der Waals surface area contributed by atoms with Gasteiger partial charge in [0, 0.05) is 11.2 Å². The Morgan fingerprint density at radius 2 is 1.80 bits per heavy atom. The Labute approximate surface area is 89.4 Å². The van der Waals surface area contributed by atoms with Crippen LogP contribution in [-0.2, 0) is 0 Å². The Morgan fingerprint density at radius 3 is 2.27 bits per heavy atom. The van der Waals surface area contributed by atoms with Crippen molar-refractivity contribution in [2.45, 2.75) is 26.3 Å². The second kappa shape index (κ2) is 4.21. The first kappa shape index (κ1) is 11.4. The van der Waals surface area contributed by atoms with Crippen molar-refractivity contribution >= 4 is 11.8 Å². The summed E-state index contributed by atoms with van der Waals surface area (Å²) >= 11 is 0. The molecule has 0 unspecified atom stereocenters. The molecule has 1 aromatic carbocycles. The number of nitrogen functional groups attached to an aromatic ring is 1. The first-order valence-corrected chi connectivity index (χ1v) is 4.72. The van der Waals surface area contributed by atoms with Gasteiger partial charge in [0.25, 0.3) is 0 Å². The molecule has 82 valence electrons. The summed E-state index contributed by atoms with van der Waals surface area (Å²) in [4.78, 5) is 11.3. The molecule has 0 atom stereocenters. The molecule has 0 heterocycles. The van der Waals surface area contributed by atoms with E-state index in [2.05, 4.69) is 5.32 Å². The quantitative estimate of drug-likeness (QED) is 0.695. The topological polar surface area (TPSA) is 64.3 Å². The number of hydrogen-bond acceptors (Lipinski definition) is 3. The molecule has 1 amide bonds. The number of rotatable bonds is 1. The molecule has 1 aromatic rings. The minimum absolute atomic E-state index is 0.301. The van der Waals surface area contributed by atoms with E-state index in [1.165, 1.54) is 0 Å². The van der Waals surface area contributed by atoms with Gasteiger partial charge in [-0.2, -0.15) is 0 Å². The zero-order chi connectivity index (χ0) is 11.5. The molecule has 0 saturated heterocycles. The van der Waals surface area contributed by atoms with Crippen molar-refractivity contribution in [3.63, 3.8) is 0 Å². The van der Waals surface area contributed by atoms with Gasteiger partial charge in [-0.05, 0) is 45.0 Å². The van der Waals surface area contributed by atoms with Crippen molar-refractivity contribution in [1.82, 2.24) is 5.32 Å². The van der Waals surface area contributed by atoms with E-state index in [0.717, 1.165) is 0 Å². The summed E-state index contributed by atoms with van der Waals surface area (Å²) in [6.07, 6.45) is -0.465. The minimum atomic E-state index is -0.465. The molecule has 1 rings (SSSR count). The predicted octanol–water partition coefficient (Wildman–Crippen LogP) is 2.16. The fourth-order valence-electron chi connectivity index (χ4n) is 0.975. The number of benzene rings is 1. The summed E-state index contributed by atoms with van der Waals surface area (Å²) in [5.74, 6) is 0.478. The fraction of sp³-hybridized carbons (Fsp3) is 0.364. The van der Waals surface area contributed by atoms with Gasteiger partial charge in [-0.1, -0.05) is 0 Å². The lowest BCUT2D eigenvalue weighted by molar-refractivity contribution is 0.190. The van der Waals surface area contributed by atoms with Crippen LogP contribution in [0.3, 0.4) is 0 Å². The fourth-order valence-corrected chi connectivity index (χ4v) is 0.975. The van der Waals surface area contributed by atoms with Gasteiger partial charge in [0.05, 0.1) is 0 Å². The average Bonchev–Trinajstić information content (AvgIpc) is 2.05. The predicted molar refractivity (Wildman–Crippen MR) is 59.8 cm³/mol. The highest BCUT2D eigenvalue weighted by Gasteiger charge is 2.14. The molecule has 15 heavy (non-hydrogen) atoms. The van der Waals surface area contributed by atoms with E-state index < -0.39 is 6.09 Å². The molecular formula is C11H16N2O2. The molecule has 0 aliphatic carbocycles. The Bertz CT molecular complexity index is 339. The lowest BCUT2D eigenvalue weighted by atomic mass is 10.1. The van der Waals surface area contributed by atoms with Crippen LogP contribution in [0.5, 0.6) is 5.75 Å². The lowest BCUT2D eigenvalue weighted by Crippen LogP contribution is -2.42. The molecule has 0 aromatic heterocycles. The first-order valence-electron chi connectivity index (χ1n) is 4.72. The maximum atomic E-state index is 11.3. The number of nitrogens with two attached hydrogens (primary N) is 1. The van der Waals surface area contributed by atoms with Crippen LogP contribution in [0.1, 0.15) is 20.8 Å². The summed E-state index contributed by atoms with van der Waals surface area (Å²) < 4.78 is 5.04. The van der Waals surface area contributed by atoms with Gasteiger partial charge in [-0.25, -0.2) is 4.79 Å². The first-order chi connectivity index (χ1) is 6.87. The van der Waals surface area contributed by atoms with Crippen LogP contribution in [0.2, 0.25) is 0 Å². The highest BCUT2D eigenvalue weighted by molar-refractivity contribution is 5.71. The van der Waals surface area contributed by atoms with Gasteiger partial charge in [0.1, 0.15) is 5.75 Å². The Hall–Kier alpha value is -1.71. The van der Waals surface area contributed by atoms with Crippen molar-refractivity contribution in [3.8, 4) is 5.75 Å². The molecular weight excluding hydrogens is 192 g/mol. The Kier molecular flexibility index (Phi) is 3.19. The molecule has 0 radical (unpaired) electrons. The van der Waals surface area contributed by atoms with Gasteiger partial charge in [-0.3, -0.25) is 0 Å². The summed E-state index contributed by atoms with van der Waals surface area (Å²) in [5.41, 5.74) is 5.84. The van der Waals surface area contributed by atoms with Crippen molar-refractivity contribution in [2.75, 3.05) is 5.73 Å². The van der Waals surface area contributed by atoms with Crippen LogP contribution in [0.25, 0.3) is 0 Å². The number of carbonyl (C=O) groups is 1. The Balaban J connectivity index is 2.55. The van der Waals surface area contributed by atoms with Crippen LogP contribution in [0, 0.1) is 0 Å². The van der Waals surface area contributed by atoms with Gasteiger partial charge in [0.2, 0.25) is 0 Å². The second-order valence-corrected chi connectivity index (χ2v) is 4.33. The molecule has 0 fully saturated rings. The van der Waals surface area contributed by atoms with Crippen molar-refractivity contribution in [1.29, 1.82) is 0 Å². The molecule has 0 aliphatic heterocycles. The van der Waals surface area contributed by atoms with Gasteiger partial charge < -0.3 is 15.8 Å². The van der Waals surface area contributed by atoms with E-state index in [1.54, 1.807) is 24.3 Å². The van der Waals surface area contributed by atoms with Crippen LogP contribution in [-0.4, -0.2) is 11.6 Å². The smallest absolute Gasteiger partial charge is 0.410 e. The van der Waals surface area contributed by atoms with E-state index in [9.17, 15) is 4.79 Å². The molecule has 0 spiro atoms. The highest BCUT2D eigenvalue weighted by atomic mass is 16.6. The second-order valence-electron chi connectivity index (χ2n) is 4.33.